The molecule has 0 aromatic rings. The average molecular weight is 303 g/mol. The van der Waals surface area contributed by atoms with E-state index in [4.69, 9.17) is 12.2 Å². The van der Waals surface area contributed by atoms with Crippen molar-refractivity contribution in [3.05, 3.63) is 0 Å². The molecule has 0 radical (unpaired) electrons. The van der Waals surface area contributed by atoms with Crippen LogP contribution in [0, 0.1) is 0 Å². The predicted molar refractivity (Wildman–Crippen MR) is 92.2 cm³/mol. The second-order valence-electron chi connectivity index (χ2n) is 5.25. The number of thiocarbonyl (C=S) groups is 1. The number of carbonyl (C=O) groups is 1. The Morgan fingerprint density at radius 2 is 1.42 bits per heavy atom. The standard InChI is InChI=1S/C16H30OS2/c1-3-4-5-6-7-8-9-10-11-12-16(17)19-14-13-15(2)18/h3-14H2,1-2H3. The number of hydrogen-bond acceptors (Lipinski definition) is 3. The molecule has 0 aliphatic heterocycles. The van der Waals surface area contributed by atoms with Crippen molar-refractivity contribution < 1.29 is 4.79 Å². The van der Waals surface area contributed by atoms with Gasteiger partial charge in [-0.2, -0.15) is 0 Å². The molecule has 0 aliphatic carbocycles. The quantitative estimate of drug-likeness (QED) is 0.309. The Morgan fingerprint density at radius 3 is 1.95 bits per heavy atom. The van der Waals surface area contributed by atoms with Crippen LogP contribution in [0.5, 0.6) is 0 Å². The maximum atomic E-state index is 11.6. The molecule has 0 aromatic carbocycles. The van der Waals surface area contributed by atoms with E-state index in [0.717, 1.165) is 29.9 Å². The van der Waals surface area contributed by atoms with Crippen LogP contribution in [0.25, 0.3) is 0 Å². The van der Waals surface area contributed by atoms with Crippen LogP contribution < -0.4 is 0 Å². The minimum Gasteiger partial charge on any atom is -0.287 e. The summed E-state index contributed by atoms with van der Waals surface area (Å²) in [4.78, 5) is 12.6. The van der Waals surface area contributed by atoms with Gasteiger partial charge in [-0.15, -0.1) is 0 Å². The molecule has 3 heteroatoms. The van der Waals surface area contributed by atoms with Gasteiger partial charge in [0.05, 0.1) is 0 Å². The molecule has 19 heavy (non-hydrogen) atoms. The van der Waals surface area contributed by atoms with Crippen molar-refractivity contribution in [3.63, 3.8) is 0 Å². The van der Waals surface area contributed by atoms with Crippen LogP contribution in [0.3, 0.4) is 0 Å². The molecule has 0 aliphatic rings. The van der Waals surface area contributed by atoms with Crippen LogP contribution in [-0.4, -0.2) is 15.7 Å². The van der Waals surface area contributed by atoms with Crippen LogP contribution in [0.2, 0.25) is 0 Å². The minimum absolute atomic E-state index is 0.346. The van der Waals surface area contributed by atoms with E-state index in [-0.39, 0.29) is 0 Å². The molecule has 0 rings (SSSR count). The molecule has 0 heterocycles. The van der Waals surface area contributed by atoms with E-state index in [1.807, 2.05) is 6.92 Å². The van der Waals surface area contributed by atoms with Gasteiger partial charge in [0.25, 0.3) is 0 Å². The normalized spacial score (nSPS) is 10.6. The van der Waals surface area contributed by atoms with Gasteiger partial charge in [0.1, 0.15) is 0 Å². The molecule has 0 saturated heterocycles. The topological polar surface area (TPSA) is 17.1 Å². The summed E-state index contributed by atoms with van der Waals surface area (Å²) < 4.78 is 0. The summed E-state index contributed by atoms with van der Waals surface area (Å²) in [6, 6.07) is 0. The molecule has 0 saturated carbocycles. The van der Waals surface area contributed by atoms with Crippen molar-refractivity contribution in [2.75, 3.05) is 5.75 Å². The molecule has 0 N–H and O–H groups in total. The van der Waals surface area contributed by atoms with E-state index in [2.05, 4.69) is 6.92 Å². The summed E-state index contributed by atoms with van der Waals surface area (Å²) >= 11 is 6.45. The zero-order chi connectivity index (χ0) is 14.3. The van der Waals surface area contributed by atoms with Gasteiger partial charge < -0.3 is 0 Å². The highest BCUT2D eigenvalue weighted by atomic mass is 32.2. The first kappa shape index (κ1) is 19.1. The lowest BCUT2D eigenvalue weighted by Crippen LogP contribution is -1.96. The van der Waals surface area contributed by atoms with Crippen molar-refractivity contribution >= 4 is 34.0 Å². The maximum Gasteiger partial charge on any atom is 0.188 e. The van der Waals surface area contributed by atoms with E-state index < -0.39 is 0 Å². The van der Waals surface area contributed by atoms with Crippen LogP contribution in [-0.2, 0) is 4.79 Å². The summed E-state index contributed by atoms with van der Waals surface area (Å²) in [5.74, 6) is 0.867. The number of thioether (sulfide) groups is 1. The van der Waals surface area contributed by atoms with Gasteiger partial charge >= 0.3 is 0 Å². The third-order valence-corrected chi connectivity index (χ3v) is 4.34. The highest BCUT2D eigenvalue weighted by Gasteiger charge is 2.02. The van der Waals surface area contributed by atoms with Crippen LogP contribution in [0.4, 0.5) is 0 Å². The van der Waals surface area contributed by atoms with E-state index >= 15 is 0 Å². The van der Waals surface area contributed by atoms with Crippen molar-refractivity contribution in [2.24, 2.45) is 0 Å². The monoisotopic (exact) mass is 302 g/mol. The molecule has 112 valence electrons. The molecular weight excluding hydrogens is 272 g/mol. The summed E-state index contributed by atoms with van der Waals surface area (Å²) in [7, 11) is 0. The van der Waals surface area contributed by atoms with E-state index in [0.29, 0.717) is 5.12 Å². The van der Waals surface area contributed by atoms with Crippen molar-refractivity contribution in [2.45, 2.75) is 84.5 Å². The van der Waals surface area contributed by atoms with Gasteiger partial charge in [0.15, 0.2) is 5.12 Å². The first-order valence-corrected chi connectivity index (χ1v) is 9.21. The summed E-state index contributed by atoms with van der Waals surface area (Å²) in [6.07, 6.45) is 13.4. The third kappa shape index (κ3) is 16.1. The van der Waals surface area contributed by atoms with Crippen LogP contribution in [0.1, 0.15) is 84.5 Å². The summed E-state index contributed by atoms with van der Waals surface area (Å²) in [5, 5.41) is 0.346. The molecule has 0 spiro atoms. The summed E-state index contributed by atoms with van der Waals surface area (Å²) in [6.45, 7) is 4.20. The first-order chi connectivity index (χ1) is 9.16. The molecule has 0 amide bonds. The first-order valence-electron chi connectivity index (χ1n) is 7.82. The Hall–Kier alpha value is 0.110. The minimum atomic E-state index is 0.346. The largest absolute Gasteiger partial charge is 0.287 e. The van der Waals surface area contributed by atoms with E-state index in [9.17, 15) is 4.79 Å². The zero-order valence-electron chi connectivity index (χ0n) is 12.7. The Kier molecular flexibility index (Phi) is 14.6. The predicted octanol–water partition coefficient (Wildman–Crippen LogP) is 5.95. The lowest BCUT2D eigenvalue weighted by atomic mass is 10.1. The average Bonchev–Trinajstić information content (AvgIpc) is 2.36. The van der Waals surface area contributed by atoms with Gasteiger partial charge in [-0.25, -0.2) is 0 Å². The second-order valence-corrected chi connectivity index (χ2v) is 7.10. The van der Waals surface area contributed by atoms with E-state index in [1.54, 1.807) is 0 Å². The van der Waals surface area contributed by atoms with Gasteiger partial charge in [-0.05, 0) is 24.6 Å². The Balaban J connectivity index is 3.16. The third-order valence-electron chi connectivity index (χ3n) is 3.20. The van der Waals surface area contributed by atoms with Gasteiger partial charge in [-0.3, -0.25) is 4.79 Å². The SMILES string of the molecule is CCCCCCCCCCCC(=O)SCCC(C)=S. The Labute approximate surface area is 129 Å². The van der Waals surface area contributed by atoms with Gasteiger partial charge in [0, 0.05) is 12.2 Å². The number of unbranched alkanes of at least 4 members (excludes halogenated alkanes) is 8. The fraction of sp³-hybridized carbons (Fsp3) is 0.875. The smallest absolute Gasteiger partial charge is 0.188 e. The lowest BCUT2D eigenvalue weighted by Gasteiger charge is -2.02. The van der Waals surface area contributed by atoms with Gasteiger partial charge in [0.2, 0.25) is 0 Å². The van der Waals surface area contributed by atoms with Crippen molar-refractivity contribution in [1.82, 2.24) is 0 Å². The maximum absolute atomic E-state index is 11.6. The molecule has 0 atom stereocenters. The van der Waals surface area contributed by atoms with Crippen molar-refractivity contribution in [1.29, 1.82) is 0 Å². The molecule has 1 nitrogen and oxygen atoms in total. The Bertz CT molecular complexity index is 239. The van der Waals surface area contributed by atoms with Crippen molar-refractivity contribution in [3.8, 4) is 0 Å². The van der Waals surface area contributed by atoms with Crippen LogP contribution in [0.15, 0.2) is 0 Å². The molecule has 0 unspecified atom stereocenters. The van der Waals surface area contributed by atoms with E-state index in [1.165, 1.54) is 63.1 Å². The number of rotatable bonds is 13. The number of hydrogen-bond donors (Lipinski definition) is 0. The molecule has 0 bridgehead atoms. The highest BCUT2D eigenvalue weighted by Crippen LogP contribution is 2.14. The zero-order valence-corrected chi connectivity index (χ0v) is 14.3. The highest BCUT2D eigenvalue weighted by molar-refractivity contribution is 8.13. The molecule has 0 aromatic heterocycles. The second kappa shape index (κ2) is 14.5. The summed E-state index contributed by atoms with van der Waals surface area (Å²) in [5.41, 5.74) is 0. The Morgan fingerprint density at radius 1 is 0.895 bits per heavy atom. The molecule has 0 fully saturated rings. The molecular formula is C16H30OS2. The van der Waals surface area contributed by atoms with Gasteiger partial charge in [-0.1, -0.05) is 82.3 Å². The lowest BCUT2D eigenvalue weighted by molar-refractivity contribution is -0.111. The fourth-order valence-corrected chi connectivity index (χ4v) is 3.12. The number of carbonyl (C=O) groups excluding carboxylic acids is 1. The van der Waals surface area contributed by atoms with Crippen LogP contribution >= 0.6 is 24.0 Å². The fourth-order valence-electron chi connectivity index (χ4n) is 1.96.